The maximum absolute atomic E-state index is 12.6. The number of hydrogen-bond acceptors (Lipinski definition) is 3. The summed E-state index contributed by atoms with van der Waals surface area (Å²) in [5.41, 5.74) is 3.72. The highest BCUT2D eigenvalue weighted by Gasteiger charge is 2.19. The van der Waals surface area contributed by atoms with Gasteiger partial charge in [-0.15, -0.1) is 0 Å². The second kappa shape index (κ2) is 7.95. The lowest BCUT2D eigenvalue weighted by molar-refractivity contribution is -0.131. The summed E-state index contributed by atoms with van der Waals surface area (Å²) in [6, 6.07) is 9.88. The van der Waals surface area contributed by atoms with Crippen LogP contribution in [0.25, 0.3) is 16.5 Å². The average Bonchev–Trinajstić information content (AvgIpc) is 3.40. The van der Waals surface area contributed by atoms with E-state index in [2.05, 4.69) is 28.3 Å². The molecule has 2 amide bonds. The Balaban J connectivity index is 1.47. The highest BCUT2D eigenvalue weighted by Crippen LogP contribution is 2.25. The highest BCUT2D eigenvalue weighted by molar-refractivity contribution is 5.98. The van der Waals surface area contributed by atoms with Gasteiger partial charge in [-0.1, -0.05) is 18.2 Å². The maximum Gasteiger partial charge on any atom is 0.269 e. The van der Waals surface area contributed by atoms with E-state index in [1.54, 1.807) is 29.9 Å². The van der Waals surface area contributed by atoms with Gasteiger partial charge in [-0.3, -0.25) is 14.3 Å². The summed E-state index contributed by atoms with van der Waals surface area (Å²) >= 11 is 0. The molecule has 3 aromatic rings. The summed E-state index contributed by atoms with van der Waals surface area (Å²) < 4.78 is 1.78. The molecule has 29 heavy (non-hydrogen) atoms. The molecule has 0 unspecified atom stereocenters. The van der Waals surface area contributed by atoms with E-state index in [0.29, 0.717) is 25.2 Å². The summed E-state index contributed by atoms with van der Waals surface area (Å²) in [5.74, 6) is 0.0968. The fourth-order valence-corrected chi connectivity index (χ4v) is 3.65. The molecule has 3 heterocycles. The van der Waals surface area contributed by atoms with Crippen LogP contribution in [0.3, 0.4) is 0 Å². The van der Waals surface area contributed by atoms with E-state index in [1.807, 2.05) is 29.3 Å². The Labute approximate surface area is 169 Å². The Kier molecular flexibility index (Phi) is 5.20. The van der Waals surface area contributed by atoms with E-state index in [9.17, 15) is 9.59 Å². The number of nitrogens with one attached hydrogen (secondary N) is 1. The first-order valence-corrected chi connectivity index (χ1v) is 9.80. The zero-order chi connectivity index (χ0) is 20.4. The van der Waals surface area contributed by atoms with Crippen molar-refractivity contribution in [2.75, 3.05) is 27.2 Å². The van der Waals surface area contributed by atoms with Crippen molar-refractivity contribution in [1.29, 1.82) is 0 Å². The lowest BCUT2D eigenvalue weighted by Crippen LogP contribution is -2.35. The smallest absolute Gasteiger partial charge is 0.269 e. The van der Waals surface area contributed by atoms with E-state index >= 15 is 0 Å². The van der Waals surface area contributed by atoms with Crippen LogP contribution in [0.15, 0.2) is 48.8 Å². The summed E-state index contributed by atoms with van der Waals surface area (Å²) in [5, 5.41) is 5.16. The molecule has 4 rings (SSSR count). The number of rotatable bonds is 5. The Morgan fingerprint density at radius 1 is 1.24 bits per heavy atom. The second-order valence-electron chi connectivity index (χ2n) is 7.54. The van der Waals surface area contributed by atoms with Crippen LogP contribution in [0.1, 0.15) is 28.9 Å². The van der Waals surface area contributed by atoms with Gasteiger partial charge in [0.05, 0.1) is 0 Å². The van der Waals surface area contributed by atoms with Crippen molar-refractivity contribution in [1.82, 2.24) is 24.6 Å². The van der Waals surface area contributed by atoms with Gasteiger partial charge in [0.25, 0.3) is 5.91 Å². The Hall–Kier alpha value is -3.35. The number of aromatic nitrogens is 3. The molecule has 0 bridgehead atoms. The van der Waals surface area contributed by atoms with Crippen LogP contribution >= 0.6 is 0 Å². The molecule has 1 aromatic carbocycles. The number of amides is 2. The number of carbonyl (C=O) groups excluding carboxylic acids is 2. The van der Waals surface area contributed by atoms with Crippen LogP contribution in [-0.4, -0.2) is 63.6 Å². The molecule has 7 heteroatoms. The zero-order valence-electron chi connectivity index (χ0n) is 16.8. The molecule has 1 aliphatic heterocycles. The third-order valence-corrected chi connectivity index (χ3v) is 5.25. The number of aromatic amines is 1. The van der Waals surface area contributed by atoms with E-state index in [1.165, 1.54) is 0 Å². The summed E-state index contributed by atoms with van der Waals surface area (Å²) in [6.07, 6.45) is 7.08. The van der Waals surface area contributed by atoms with Gasteiger partial charge in [0, 0.05) is 63.4 Å². The molecule has 0 fully saturated rings. The summed E-state index contributed by atoms with van der Waals surface area (Å²) in [4.78, 5) is 31.5. The van der Waals surface area contributed by atoms with Gasteiger partial charge in [0.15, 0.2) is 0 Å². The zero-order valence-corrected chi connectivity index (χ0v) is 16.8. The van der Waals surface area contributed by atoms with E-state index < -0.39 is 0 Å². The van der Waals surface area contributed by atoms with Crippen molar-refractivity contribution in [3.05, 3.63) is 60.1 Å². The van der Waals surface area contributed by atoms with Gasteiger partial charge in [0.2, 0.25) is 5.91 Å². The van der Waals surface area contributed by atoms with Gasteiger partial charge in [-0.25, -0.2) is 0 Å². The SMILES string of the molecule is CN(C)C(=O)c1cc2ccc(C3=CCCN(C(=O)CCn4cccn4)C3)cc2[nH]1. The monoisotopic (exact) mass is 391 g/mol. The van der Waals surface area contributed by atoms with Crippen LogP contribution < -0.4 is 0 Å². The third kappa shape index (κ3) is 4.08. The highest BCUT2D eigenvalue weighted by atomic mass is 16.2. The number of benzene rings is 1. The normalized spacial score (nSPS) is 14.1. The minimum atomic E-state index is -0.0476. The van der Waals surface area contributed by atoms with Gasteiger partial charge in [-0.2, -0.15) is 5.10 Å². The van der Waals surface area contributed by atoms with Crippen molar-refractivity contribution in [2.45, 2.75) is 19.4 Å². The molecule has 0 saturated carbocycles. The first-order valence-electron chi connectivity index (χ1n) is 9.80. The number of carbonyl (C=O) groups is 2. The Bertz CT molecular complexity index is 1060. The predicted molar refractivity (Wildman–Crippen MR) is 112 cm³/mol. The molecule has 7 nitrogen and oxygen atoms in total. The summed E-state index contributed by atoms with van der Waals surface area (Å²) in [7, 11) is 3.48. The molecule has 2 aromatic heterocycles. The second-order valence-corrected chi connectivity index (χ2v) is 7.54. The lowest BCUT2D eigenvalue weighted by Gasteiger charge is -2.28. The molecule has 0 saturated heterocycles. The quantitative estimate of drug-likeness (QED) is 0.727. The van der Waals surface area contributed by atoms with Crippen LogP contribution in [0, 0.1) is 0 Å². The average molecular weight is 391 g/mol. The van der Waals surface area contributed by atoms with E-state index in [4.69, 9.17) is 0 Å². The van der Waals surface area contributed by atoms with E-state index in [0.717, 1.165) is 35.0 Å². The molecular weight excluding hydrogens is 366 g/mol. The van der Waals surface area contributed by atoms with Crippen LogP contribution in [0.2, 0.25) is 0 Å². The number of nitrogens with zero attached hydrogens (tertiary/aromatic N) is 4. The molecule has 0 radical (unpaired) electrons. The molecular formula is C22H25N5O2. The van der Waals surface area contributed by atoms with Crippen LogP contribution in [0.5, 0.6) is 0 Å². The van der Waals surface area contributed by atoms with Gasteiger partial charge >= 0.3 is 0 Å². The number of H-pyrrole nitrogens is 1. The summed E-state index contributed by atoms with van der Waals surface area (Å²) in [6.45, 7) is 1.94. The molecule has 1 aliphatic rings. The molecule has 150 valence electrons. The number of fused-ring (bicyclic) bond motifs is 1. The molecule has 0 spiro atoms. The third-order valence-electron chi connectivity index (χ3n) is 5.25. The topological polar surface area (TPSA) is 74.2 Å². The van der Waals surface area contributed by atoms with E-state index in [-0.39, 0.29) is 11.8 Å². The molecule has 0 atom stereocenters. The first-order chi connectivity index (χ1) is 14.0. The Morgan fingerprint density at radius 3 is 2.86 bits per heavy atom. The standard InChI is InChI=1S/C22H25N5O2/c1-25(2)22(29)20-14-17-7-6-16(13-19(17)24-20)18-5-3-10-26(15-18)21(28)8-12-27-11-4-9-23-27/h4-7,9,11,13-14,24H,3,8,10,12,15H2,1-2H3. The van der Waals surface area contributed by atoms with Crippen molar-refractivity contribution in [3.8, 4) is 0 Å². The number of hydrogen-bond donors (Lipinski definition) is 1. The molecule has 1 N–H and O–H groups in total. The predicted octanol–water partition coefficient (Wildman–Crippen LogP) is 2.77. The van der Waals surface area contributed by atoms with Crippen molar-refractivity contribution in [3.63, 3.8) is 0 Å². The first kappa shape index (κ1) is 19.0. The maximum atomic E-state index is 12.6. The minimum Gasteiger partial charge on any atom is -0.351 e. The van der Waals surface area contributed by atoms with Gasteiger partial charge in [-0.05, 0) is 35.8 Å². The fourth-order valence-electron chi connectivity index (χ4n) is 3.65. The van der Waals surface area contributed by atoms with Gasteiger partial charge < -0.3 is 14.8 Å². The lowest BCUT2D eigenvalue weighted by atomic mass is 10.00. The Morgan fingerprint density at radius 2 is 2.10 bits per heavy atom. The van der Waals surface area contributed by atoms with Crippen LogP contribution in [0.4, 0.5) is 0 Å². The fraction of sp³-hybridized carbons (Fsp3) is 0.318. The number of aryl methyl sites for hydroxylation is 1. The minimum absolute atomic E-state index is 0.0476. The van der Waals surface area contributed by atoms with Gasteiger partial charge in [0.1, 0.15) is 5.69 Å². The van der Waals surface area contributed by atoms with Crippen molar-refractivity contribution < 1.29 is 9.59 Å². The molecule has 0 aliphatic carbocycles. The van der Waals surface area contributed by atoms with Crippen molar-refractivity contribution in [2.24, 2.45) is 0 Å². The van der Waals surface area contributed by atoms with Crippen LogP contribution in [-0.2, 0) is 11.3 Å². The largest absolute Gasteiger partial charge is 0.351 e. The van der Waals surface area contributed by atoms with Crippen molar-refractivity contribution >= 4 is 28.3 Å².